The zero-order valence-corrected chi connectivity index (χ0v) is 18.9. The van der Waals surface area contributed by atoms with Gasteiger partial charge in [-0.2, -0.15) is 4.98 Å². The van der Waals surface area contributed by atoms with Crippen LogP contribution in [0, 0.1) is 0 Å². The van der Waals surface area contributed by atoms with E-state index in [1.165, 1.54) is 4.57 Å². The molecule has 2 heterocycles. The molecule has 0 aliphatic heterocycles. The van der Waals surface area contributed by atoms with Gasteiger partial charge in [0.25, 0.3) is 5.56 Å². The fourth-order valence-electron chi connectivity index (χ4n) is 3.44. The van der Waals surface area contributed by atoms with Crippen LogP contribution in [0.3, 0.4) is 0 Å². The maximum atomic E-state index is 12.9. The van der Waals surface area contributed by atoms with Crippen molar-refractivity contribution in [3.05, 3.63) is 62.0 Å². The number of hydrogen-bond acceptors (Lipinski definition) is 5. The Morgan fingerprint density at radius 1 is 1.12 bits per heavy atom. The lowest BCUT2D eigenvalue weighted by atomic mass is 10.2. The number of rotatable bonds is 11. The summed E-state index contributed by atoms with van der Waals surface area (Å²) in [4.78, 5) is 44.4. The van der Waals surface area contributed by atoms with Gasteiger partial charge in [0.15, 0.2) is 11.2 Å². The number of alkyl carbamates (subject to hydrolysis) is 1. The number of aromatic amines is 1. The Balaban J connectivity index is 1.56. The Kier molecular flexibility index (Phi) is 8.49. The molecule has 172 valence electrons. The highest BCUT2D eigenvalue weighted by molar-refractivity contribution is 6.28. The number of ether oxygens (including phenoxy) is 1. The van der Waals surface area contributed by atoms with E-state index in [1.54, 1.807) is 0 Å². The van der Waals surface area contributed by atoms with E-state index in [9.17, 15) is 14.4 Å². The van der Waals surface area contributed by atoms with E-state index in [-0.39, 0.29) is 36.1 Å². The fraction of sp³-hybridized carbons (Fsp3) is 0.455. The SMILES string of the molecule is CCCCCn1c(=O)n(CCCNC(=O)OCCc2ccccc2)c(=O)c2[nH]c(Cl)nc21. The third kappa shape index (κ3) is 6.00. The lowest BCUT2D eigenvalue weighted by Crippen LogP contribution is -2.41. The van der Waals surface area contributed by atoms with Crippen molar-refractivity contribution < 1.29 is 9.53 Å². The molecule has 0 radical (unpaired) electrons. The molecule has 0 bridgehead atoms. The van der Waals surface area contributed by atoms with Crippen LogP contribution in [0.5, 0.6) is 0 Å². The highest BCUT2D eigenvalue weighted by Gasteiger charge is 2.16. The highest BCUT2D eigenvalue weighted by Crippen LogP contribution is 2.10. The van der Waals surface area contributed by atoms with Gasteiger partial charge in [0.05, 0.1) is 6.61 Å². The van der Waals surface area contributed by atoms with E-state index in [0.717, 1.165) is 29.4 Å². The minimum atomic E-state index is -0.527. The summed E-state index contributed by atoms with van der Waals surface area (Å²) in [6, 6.07) is 9.74. The molecular weight excluding hydrogens is 434 g/mol. The fourth-order valence-corrected chi connectivity index (χ4v) is 3.62. The van der Waals surface area contributed by atoms with Crippen molar-refractivity contribution in [2.24, 2.45) is 0 Å². The molecule has 1 aromatic carbocycles. The number of carbonyl (C=O) groups excluding carboxylic acids is 1. The Bertz CT molecular complexity index is 1150. The minimum Gasteiger partial charge on any atom is -0.449 e. The summed E-state index contributed by atoms with van der Waals surface area (Å²) >= 11 is 5.94. The summed E-state index contributed by atoms with van der Waals surface area (Å²) in [6.45, 7) is 3.23. The van der Waals surface area contributed by atoms with Crippen molar-refractivity contribution in [1.29, 1.82) is 0 Å². The first-order valence-corrected chi connectivity index (χ1v) is 11.2. The lowest BCUT2D eigenvalue weighted by molar-refractivity contribution is 0.147. The highest BCUT2D eigenvalue weighted by atomic mass is 35.5. The first kappa shape index (κ1) is 23.6. The number of nitrogens with zero attached hydrogens (tertiary/aromatic N) is 3. The Morgan fingerprint density at radius 3 is 2.62 bits per heavy atom. The van der Waals surface area contributed by atoms with E-state index >= 15 is 0 Å². The van der Waals surface area contributed by atoms with Crippen molar-refractivity contribution in [3.63, 3.8) is 0 Å². The zero-order chi connectivity index (χ0) is 22.9. The Morgan fingerprint density at radius 2 is 1.88 bits per heavy atom. The van der Waals surface area contributed by atoms with Crippen LogP contribution in [0.1, 0.15) is 38.2 Å². The van der Waals surface area contributed by atoms with Crippen LogP contribution in [0.25, 0.3) is 11.2 Å². The smallest absolute Gasteiger partial charge is 0.407 e. The number of unbranched alkanes of at least 4 members (excludes halogenated alkanes) is 2. The summed E-state index contributed by atoms with van der Waals surface area (Å²) in [6.07, 6.45) is 3.26. The predicted octanol–water partition coefficient (Wildman–Crippen LogP) is 3.09. The summed E-state index contributed by atoms with van der Waals surface area (Å²) in [7, 11) is 0. The molecule has 10 heteroatoms. The van der Waals surface area contributed by atoms with E-state index < -0.39 is 17.3 Å². The average Bonchev–Trinajstić information content (AvgIpc) is 3.18. The number of aryl methyl sites for hydroxylation is 1. The molecule has 0 spiro atoms. The molecule has 2 aromatic heterocycles. The molecule has 0 aliphatic rings. The van der Waals surface area contributed by atoms with Crippen LogP contribution in [-0.4, -0.2) is 38.3 Å². The molecular formula is C22H28ClN5O4. The number of aromatic nitrogens is 4. The number of benzene rings is 1. The van der Waals surface area contributed by atoms with Crippen LogP contribution < -0.4 is 16.6 Å². The lowest BCUT2D eigenvalue weighted by Gasteiger charge is -2.11. The standard InChI is InChI=1S/C22H28ClN5O4/c1-2-3-7-13-27-18-17(25-20(23)26-18)19(29)28(22(27)31)14-8-12-24-21(30)32-15-11-16-9-5-4-6-10-16/h4-6,9-10H,2-3,7-8,11-15H2,1H3,(H,24,30)(H,25,26). The minimum absolute atomic E-state index is 0.0680. The molecule has 3 rings (SSSR count). The second-order valence-electron chi connectivity index (χ2n) is 7.48. The topological polar surface area (TPSA) is 111 Å². The molecule has 2 N–H and O–H groups in total. The normalized spacial score (nSPS) is 11.1. The molecule has 0 unspecified atom stereocenters. The van der Waals surface area contributed by atoms with Gasteiger partial charge >= 0.3 is 11.8 Å². The van der Waals surface area contributed by atoms with Crippen LogP contribution in [0.15, 0.2) is 39.9 Å². The van der Waals surface area contributed by atoms with E-state index in [4.69, 9.17) is 16.3 Å². The largest absolute Gasteiger partial charge is 0.449 e. The van der Waals surface area contributed by atoms with Crippen LogP contribution >= 0.6 is 11.6 Å². The molecule has 32 heavy (non-hydrogen) atoms. The quantitative estimate of drug-likeness (QED) is 0.336. The number of carbonyl (C=O) groups is 1. The van der Waals surface area contributed by atoms with Gasteiger partial charge in [-0.15, -0.1) is 0 Å². The van der Waals surface area contributed by atoms with Crippen molar-refractivity contribution in [3.8, 4) is 0 Å². The van der Waals surface area contributed by atoms with Gasteiger partial charge in [-0.05, 0) is 30.0 Å². The van der Waals surface area contributed by atoms with Gasteiger partial charge < -0.3 is 15.0 Å². The average molecular weight is 462 g/mol. The summed E-state index contributed by atoms with van der Waals surface area (Å²) < 4.78 is 7.81. The molecule has 1 amide bonds. The van der Waals surface area contributed by atoms with Gasteiger partial charge in [-0.3, -0.25) is 13.9 Å². The molecule has 0 aliphatic carbocycles. The van der Waals surface area contributed by atoms with Gasteiger partial charge in [-0.25, -0.2) is 9.59 Å². The Labute approximate surface area is 190 Å². The van der Waals surface area contributed by atoms with Crippen LogP contribution in [-0.2, 0) is 24.2 Å². The molecule has 0 saturated heterocycles. The summed E-state index contributed by atoms with van der Waals surface area (Å²) in [5, 5.41) is 2.72. The maximum Gasteiger partial charge on any atom is 0.407 e. The van der Waals surface area contributed by atoms with E-state index in [2.05, 4.69) is 22.2 Å². The molecule has 0 atom stereocenters. The van der Waals surface area contributed by atoms with Crippen molar-refractivity contribution in [2.45, 2.75) is 52.1 Å². The predicted molar refractivity (Wildman–Crippen MR) is 123 cm³/mol. The second kappa shape index (κ2) is 11.5. The number of hydrogen-bond donors (Lipinski definition) is 2. The van der Waals surface area contributed by atoms with Crippen molar-refractivity contribution in [1.82, 2.24) is 24.4 Å². The number of nitrogens with one attached hydrogen (secondary N) is 2. The van der Waals surface area contributed by atoms with Gasteiger partial charge in [-0.1, -0.05) is 50.1 Å². The van der Waals surface area contributed by atoms with Crippen molar-refractivity contribution >= 4 is 28.9 Å². The monoisotopic (exact) mass is 461 g/mol. The zero-order valence-electron chi connectivity index (χ0n) is 18.1. The van der Waals surface area contributed by atoms with E-state index in [1.807, 2.05) is 30.3 Å². The molecule has 3 aromatic rings. The molecule has 0 fully saturated rings. The van der Waals surface area contributed by atoms with E-state index in [0.29, 0.717) is 19.4 Å². The number of imidazole rings is 1. The summed E-state index contributed by atoms with van der Waals surface area (Å²) in [5.41, 5.74) is 0.676. The van der Waals surface area contributed by atoms with Crippen LogP contribution in [0.2, 0.25) is 5.28 Å². The number of fused-ring (bicyclic) bond motifs is 1. The van der Waals surface area contributed by atoms with Gasteiger partial charge in [0, 0.05) is 26.1 Å². The van der Waals surface area contributed by atoms with Gasteiger partial charge in [0.2, 0.25) is 5.28 Å². The molecule has 0 saturated carbocycles. The van der Waals surface area contributed by atoms with Crippen LogP contribution in [0.4, 0.5) is 4.79 Å². The first-order valence-electron chi connectivity index (χ1n) is 10.8. The first-order chi connectivity index (χ1) is 15.5. The maximum absolute atomic E-state index is 12.9. The third-order valence-corrected chi connectivity index (χ3v) is 5.29. The number of amides is 1. The van der Waals surface area contributed by atoms with Crippen molar-refractivity contribution in [2.75, 3.05) is 13.2 Å². The number of H-pyrrole nitrogens is 1. The van der Waals surface area contributed by atoms with Gasteiger partial charge in [0.1, 0.15) is 0 Å². The Hall–Kier alpha value is -3.07. The summed E-state index contributed by atoms with van der Waals surface area (Å²) in [5.74, 6) is 0. The third-order valence-electron chi connectivity index (χ3n) is 5.11. The number of halogens is 1. The molecule has 9 nitrogen and oxygen atoms in total. The second-order valence-corrected chi connectivity index (χ2v) is 7.83.